The molecule has 1 aliphatic rings. The maximum absolute atomic E-state index is 12.7. The first-order chi connectivity index (χ1) is 15.2. The van der Waals surface area contributed by atoms with E-state index in [1.807, 2.05) is 6.92 Å². The standard InChI is InChI=1S/C20H18ClN5O4S2/c1-12-11-15(8-9-16(12)26-10-2-3-17(26)27)25-32(29,30)20-24-23-19(31-20)22-18(28)13-4-6-14(21)7-5-13/h4-9,11,25H,2-3,10H2,1H3,(H,22,23,28). The van der Waals surface area contributed by atoms with Gasteiger partial charge in [0.15, 0.2) is 0 Å². The van der Waals surface area contributed by atoms with Crippen molar-refractivity contribution in [1.82, 2.24) is 10.2 Å². The predicted octanol–water partition coefficient (Wildman–Crippen LogP) is 3.68. The van der Waals surface area contributed by atoms with Gasteiger partial charge in [-0.15, -0.1) is 10.2 Å². The van der Waals surface area contributed by atoms with Gasteiger partial charge >= 0.3 is 0 Å². The highest BCUT2D eigenvalue weighted by atomic mass is 35.5. The Morgan fingerprint density at radius 2 is 1.91 bits per heavy atom. The van der Waals surface area contributed by atoms with E-state index < -0.39 is 15.9 Å². The van der Waals surface area contributed by atoms with Crippen molar-refractivity contribution in [3.63, 3.8) is 0 Å². The fourth-order valence-corrected chi connectivity index (χ4v) is 5.33. The van der Waals surface area contributed by atoms with Crippen molar-refractivity contribution in [1.29, 1.82) is 0 Å². The van der Waals surface area contributed by atoms with Crippen molar-refractivity contribution in [2.24, 2.45) is 0 Å². The minimum atomic E-state index is -4.01. The Bertz CT molecular complexity index is 1290. The van der Waals surface area contributed by atoms with Crippen LogP contribution in [-0.2, 0) is 14.8 Å². The predicted molar refractivity (Wildman–Crippen MR) is 123 cm³/mol. The molecule has 2 heterocycles. The number of aromatic nitrogens is 2. The van der Waals surface area contributed by atoms with E-state index in [9.17, 15) is 18.0 Å². The number of halogens is 1. The van der Waals surface area contributed by atoms with Crippen molar-refractivity contribution in [3.8, 4) is 0 Å². The number of hydrogen-bond acceptors (Lipinski definition) is 7. The molecule has 0 aliphatic carbocycles. The molecule has 166 valence electrons. The Hall–Kier alpha value is -3.02. The lowest BCUT2D eigenvalue weighted by Gasteiger charge is -2.19. The van der Waals surface area contributed by atoms with Gasteiger partial charge in [-0.25, -0.2) is 0 Å². The van der Waals surface area contributed by atoms with Crippen molar-refractivity contribution in [3.05, 3.63) is 58.6 Å². The number of anilines is 3. The molecule has 0 saturated carbocycles. The summed E-state index contributed by atoms with van der Waals surface area (Å²) in [6.07, 6.45) is 1.32. The van der Waals surface area contributed by atoms with Crippen molar-refractivity contribution >= 4 is 61.3 Å². The second-order valence-corrected chi connectivity index (χ2v) is 10.4. The summed E-state index contributed by atoms with van der Waals surface area (Å²) in [5, 5.41) is 10.5. The van der Waals surface area contributed by atoms with E-state index in [2.05, 4.69) is 20.2 Å². The third-order valence-corrected chi connectivity index (χ3v) is 7.62. The quantitative estimate of drug-likeness (QED) is 0.507. The zero-order valence-corrected chi connectivity index (χ0v) is 19.2. The molecule has 2 N–H and O–H groups in total. The summed E-state index contributed by atoms with van der Waals surface area (Å²) in [5.74, 6) is -0.402. The van der Waals surface area contributed by atoms with E-state index in [0.717, 1.165) is 29.0 Å². The fourth-order valence-electron chi connectivity index (χ4n) is 3.26. The minimum absolute atomic E-state index is 0.0457. The zero-order valence-electron chi connectivity index (χ0n) is 16.8. The molecular formula is C20H18ClN5O4S2. The van der Waals surface area contributed by atoms with Gasteiger partial charge in [-0.05, 0) is 61.4 Å². The van der Waals surface area contributed by atoms with Crippen LogP contribution in [0.5, 0.6) is 0 Å². The number of nitrogens with zero attached hydrogens (tertiary/aromatic N) is 3. The highest BCUT2D eigenvalue weighted by Crippen LogP contribution is 2.29. The highest BCUT2D eigenvalue weighted by Gasteiger charge is 2.25. The molecule has 12 heteroatoms. The van der Waals surface area contributed by atoms with Gasteiger partial charge in [0.05, 0.1) is 0 Å². The number of hydrogen-bond donors (Lipinski definition) is 2. The fraction of sp³-hybridized carbons (Fsp3) is 0.200. The summed E-state index contributed by atoms with van der Waals surface area (Å²) < 4.78 is 27.6. The number of rotatable bonds is 6. The van der Waals surface area contributed by atoms with Crippen LogP contribution >= 0.6 is 22.9 Å². The molecule has 0 bridgehead atoms. The van der Waals surface area contributed by atoms with Gasteiger partial charge in [0, 0.05) is 34.9 Å². The Labute approximate surface area is 193 Å². The second kappa shape index (κ2) is 8.85. The first kappa shape index (κ1) is 22.2. The van der Waals surface area contributed by atoms with Gasteiger partial charge in [0.2, 0.25) is 11.0 Å². The third-order valence-electron chi connectivity index (χ3n) is 4.78. The van der Waals surface area contributed by atoms with Crippen LogP contribution in [0.1, 0.15) is 28.8 Å². The Morgan fingerprint density at radius 3 is 2.56 bits per heavy atom. The Balaban J connectivity index is 1.46. The van der Waals surface area contributed by atoms with Crippen molar-refractivity contribution < 1.29 is 18.0 Å². The molecule has 2 aromatic carbocycles. The molecule has 0 unspecified atom stereocenters. The SMILES string of the molecule is Cc1cc(NS(=O)(=O)c2nnc(NC(=O)c3ccc(Cl)cc3)s2)ccc1N1CCCC1=O. The van der Waals surface area contributed by atoms with Gasteiger partial charge < -0.3 is 4.90 Å². The normalized spacial score (nSPS) is 13.9. The van der Waals surface area contributed by atoms with Crippen LogP contribution in [0.3, 0.4) is 0 Å². The van der Waals surface area contributed by atoms with E-state index in [1.165, 1.54) is 0 Å². The number of aryl methyl sites for hydroxylation is 1. The molecule has 1 saturated heterocycles. The van der Waals surface area contributed by atoms with Gasteiger partial charge in [-0.2, -0.15) is 8.42 Å². The summed E-state index contributed by atoms with van der Waals surface area (Å²) in [6, 6.07) is 11.2. The number of carbonyl (C=O) groups is 2. The van der Waals surface area contributed by atoms with E-state index in [0.29, 0.717) is 29.2 Å². The lowest BCUT2D eigenvalue weighted by atomic mass is 10.1. The van der Waals surface area contributed by atoms with Gasteiger partial charge in [0.25, 0.3) is 20.3 Å². The lowest BCUT2D eigenvalue weighted by molar-refractivity contribution is -0.117. The minimum Gasteiger partial charge on any atom is -0.312 e. The van der Waals surface area contributed by atoms with Crippen molar-refractivity contribution in [2.45, 2.75) is 24.1 Å². The van der Waals surface area contributed by atoms with Crippen LogP contribution < -0.4 is 14.9 Å². The van der Waals surface area contributed by atoms with E-state index in [-0.39, 0.29) is 15.4 Å². The van der Waals surface area contributed by atoms with Crippen LogP contribution in [0.15, 0.2) is 46.8 Å². The van der Waals surface area contributed by atoms with Crippen LogP contribution in [-0.4, -0.2) is 37.0 Å². The van der Waals surface area contributed by atoms with Gasteiger partial charge in [-0.3, -0.25) is 19.6 Å². The lowest BCUT2D eigenvalue weighted by Crippen LogP contribution is -2.24. The third kappa shape index (κ3) is 4.74. The smallest absolute Gasteiger partial charge is 0.291 e. The average molecular weight is 492 g/mol. The molecule has 2 amide bonds. The zero-order chi connectivity index (χ0) is 22.9. The molecule has 1 aliphatic heterocycles. The largest absolute Gasteiger partial charge is 0.312 e. The number of nitrogens with one attached hydrogen (secondary N) is 2. The number of carbonyl (C=O) groups excluding carboxylic acids is 2. The average Bonchev–Trinajstić information content (AvgIpc) is 3.38. The molecule has 9 nitrogen and oxygen atoms in total. The molecule has 3 aromatic rings. The van der Waals surface area contributed by atoms with Crippen molar-refractivity contribution in [2.75, 3.05) is 21.5 Å². The Kier molecular flexibility index (Phi) is 6.13. The van der Waals surface area contributed by atoms with Crippen LogP contribution in [0.4, 0.5) is 16.5 Å². The van der Waals surface area contributed by atoms with Gasteiger partial charge in [-0.1, -0.05) is 22.9 Å². The summed E-state index contributed by atoms with van der Waals surface area (Å²) in [5.41, 5.74) is 2.21. The summed E-state index contributed by atoms with van der Waals surface area (Å²) in [6.45, 7) is 2.47. The topological polar surface area (TPSA) is 121 Å². The molecule has 1 aromatic heterocycles. The highest BCUT2D eigenvalue weighted by molar-refractivity contribution is 7.94. The first-order valence-corrected chi connectivity index (χ1v) is 12.2. The van der Waals surface area contributed by atoms with Crippen LogP contribution in [0.2, 0.25) is 5.02 Å². The van der Waals surface area contributed by atoms with Crippen LogP contribution in [0.25, 0.3) is 0 Å². The number of amides is 2. The van der Waals surface area contributed by atoms with E-state index in [1.54, 1.807) is 47.4 Å². The van der Waals surface area contributed by atoms with E-state index >= 15 is 0 Å². The summed E-state index contributed by atoms with van der Waals surface area (Å²) in [7, 11) is -4.01. The summed E-state index contributed by atoms with van der Waals surface area (Å²) >= 11 is 6.54. The van der Waals surface area contributed by atoms with E-state index in [4.69, 9.17) is 11.6 Å². The second-order valence-electron chi connectivity index (χ2n) is 7.09. The number of benzene rings is 2. The molecular weight excluding hydrogens is 474 g/mol. The maximum atomic E-state index is 12.7. The molecule has 0 radical (unpaired) electrons. The summed E-state index contributed by atoms with van der Waals surface area (Å²) in [4.78, 5) is 25.9. The first-order valence-electron chi connectivity index (χ1n) is 9.57. The monoisotopic (exact) mass is 491 g/mol. The maximum Gasteiger partial charge on any atom is 0.291 e. The van der Waals surface area contributed by atoms with Crippen LogP contribution in [0, 0.1) is 6.92 Å². The Morgan fingerprint density at radius 1 is 1.16 bits per heavy atom. The molecule has 0 spiro atoms. The molecule has 0 atom stereocenters. The molecule has 1 fully saturated rings. The molecule has 4 rings (SSSR count). The van der Waals surface area contributed by atoms with Gasteiger partial charge in [0.1, 0.15) is 0 Å². The number of sulfonamides is 1. The molecule has 32 heavy (non-hydrogen) atoms.